The van der Waals surface area contributed by atoms with Crippen molar-refractivity contribution in [1.82, 2.24) is 4.90 Å². The number of carboxylic acid groups (broad SMARTS) is 1. The molecule has 0 saturated heterocycles. The first-order valence-corrected chi connectivity index (χ1v) is 5.43. The Morgan fingerprint density at radius 1 is 1.39 bits per heavy atom. The van der Waals surface area contributed by atoms with E-state index in [1.165, 1.54) is 6.07 Å². The summed E-state index contributed by atoms with van der Waals surface area (Å²) < 4.78 is 37.5. The molecule has 0 radical (unpaired) electrons. The van der Waals surface area contributed by atoms with Crippen molar-refractivity contribution in [2.75, 3.05) is 13.1 Å². The number of carbonyl (C=O) groups is 1. The molecule has 0 heterocycles. The molecule has 0 saturated carbocycles. The van der Waals surface area contributed by atoms with Gasteiger partial charge in [-0.2, -0.15) is 13.2 Å². The van der Waals surface area contributed by atoms with Crippen molar-refractivity contribution in [3.05, 3.63) is 35.4 Å². The number of benzene rings is 1. The third kappa shape index (κ3) is 4.37. The molecule has 0 bridgehead atoms. The van der Waals surface area contributed by atoms with E-state index in [0.29, 0.717) is 12.1 Å². The number of likely N-dealkylation sites (N-methyl/N-ethyl adjacent to an activating group) is 1. The van der Waals surface area contributed by atoms with Gasteiger partial charge in [-0.25, -0.2) is 0 Å². The maximum Gasteiger partial charge on any atom is 0.416 e. The summed E-state index contributed by atoms with van der Waals surface area (Å²) >= 11 is 0. The Kier molecular flexibility index (Phi) is 4.72. The van der Waals surface area contributed by atoms with Crippen LogP contribution >= 0.6 is 0 Å². The molecular formula is C12H14F3NO2. The van der Waals surface area contributed by atoms with E-state index < -0.39 is 17.7 Å². The zero-order valence-corrected chi connectivity index (χ0v) is 9.87. The van der Waals surface area contributed by atoms with Crippen molar-refractivity contribution in [2.45, 2.75) is 19.6 Å². The van der Waals surface area contributed by atoms with E-state index >= 15 is 0 Å². The minimum absolute atomic E-state index is 0.187. The van der Waals surface area contributed by atoms with Crippen LogP contribution in [-0.2, 0) is 17.5 Å². The minimum atomic E-state index is -4.38. The van der Waals surface area contributed by atoms with Gasteiger partial charge in [-0.3, -0.25) is 9.69 Å². The lowest BCUT2D eigenvalue weighted by atomic mass is 10.1. The molecule has 1 aromatic carbocycles. The molecule has 0 aliphatic carbocycles. The number of hydrogen-bond acceptors (Lipinski definition) is 2. The van der Waals surface area contributed by atoms with Gasteiger partial charge in [0, 0.05) is 6.54 Å². The number of hydrogen-bond donors (Lipinski definition) is 1. The van der Waals surface area contributed by atoms with Crippen LogP contribution in [0.1, 0.15) is 18.1 Å². The fraction of sp³-hybridized carbons (Fsp3) is 0.417. The van der Waals surface area contributed by atoms with Gasteiger partial charge < -0.3 is 5.11 Å². The molecule has 0 fully saturated rings. The highest BCUT2D eigenvalue weighted by molar-refractivity contribution is 5.69. The van der Waals surface area contributed by atoms with E-state index in [1.807, 2.05) is 0 Å². The summed E-state index contributed by atoms with van der Waals surface area (Å²) in [6, 6.07) is 4.92. The lowest BCUT2D eigenvalue weighted by molar-refractivity contribution is -0.139. The smallest absolute Gasteiger partial charge is 0.416 e. The van der Waals surface area contributed by atoms with Gasteiger partial charge in [0.05, 0.1) is 12.1 Å². The summed E-state index contributed by atoms with van der Waals surface area (Å²) in [5.41, 5.74) is -0.265. The number of aliphatic carboxylic acids is 1. The standard InChI is InChI=1S/C12H14F3NO2/c1-2-16(8-11(17)18)7-9-4-3-5-10(6-9)12(13,14)15/h3-6H,2,7-8H2,1H3,(H,17,18). The number of carboxylic acids is 1. The Balaban J connectivity index is 2.81. The van der Waals surface area contributed by atoms with Gasteiger partial charge in [-0.1, -0.05) is 25.1 Å². The summed E-state index contributed by atoms with van der Waals surface area (Å²) in [5, 5.41) is 8.66. The number of alkyl halides is 3. The van der Waals surface area contributed by atoms with Gasteiger partial charge in [0.25, 0.3) is 0 Å². The molecular weight excluding hydrogens is 247 g/mol. The highest BCUT2D eigenvalue weighted by Crippen LogP contribution is 2.29. The quantitative estimate of drug-likeness (QED) is 0.885. The molecule has 100 valence electrons. The summed E-state index contributed by atoms with van der Waals surface area (Å²) in [5.74, 6) is -0.996. The molecule has 0 aliphatic rings. The van der Waals surface area contributed by atoms with Crippen molar-refractivity contribution in [3.63, 3.8) is 0 Å². The average molecular weight is 261 g/mol. The second-order valence-electron chi connectivity index (χ2n) is 3.90. The van der Waals surface area contributed by atoms with Crippen LogP contribution in [0.25, 0.3) is 0 Å². The molecule has 0 unspecified atom stereocenters. The lowest BCUT2D eigenvalue weighted by Crippen LogP contribution is -2.29. The first-order chi connectivity index (χ1) is 8.32. The van der Waals surface area contributed by atoms with Crippen molar-refractivity contribution in [2.24, 2.45) is 0 Å². The molecule has 18 heavy (non-hydrogen) atoms. The summed E-state index contributed by atoms with van der Waals surface area (Å²) in [6.07, 6.45) is -4.38. The Bertz CT molecular complexity index is 418. The second kappa shape index (κ2) is 5.86. The SMILES string of the molecule is CCN(CC(=O)O)Cc1cccc(C(F)(F)F)c1. The first-order valence-electron chi connectivity index (χ1n) is 5.43. The Hall–Kier alpha value is -1.56. The van der Waals surface area contributed by atoms with Gasteiger partial charge in [0.2, 0.25) is 0 Å². The molecule has 0 amide bonds. The van der Waals surface area contributed by atoms with E-state index in [1.54, 1.807) is 17.9 Å². The number of nitrogens with zero attached hydrogens (tertiary/aromatic N) is 1. The zero-order valence-electron chi connectivity index (χ0n) is 9.87. The van der Waals surface area contributed by atoms with E-state index in [4.69, 9.17) is 5.11 Å². The predicted molar refractivity (Wildman–Crippen MR) is 60.0 cm³/mol. The Morgan fingerprint density at radius 3 is 2.56 bits per heavy atom. The Morgan fingerprint density at radius 2 is 2.06 bits per heavy atom. The van der Waals surface area contributed by atoms with Gasteiger partial charge in [0.15, 0.2) is 0 Å². The third-order valence-corrected chi connectivity index (χ3v) is 2.47. The van der Waals surface area contributed by atoms with Crippen molar-refractivity contribution in [3.8, 4) is 0 Å². The van der Waals surface area contributed by atoms with Crippen LogP contribution in [-0.4, -0.2) is 29.1 Å². The molecule has 6 heteroatoms. The topological polar surface area (TPSA) is 40.5 Å². The normalized spacial score (nSPS) is 11.8. The van der Waals surface area contributed by atoms with Gasteiger partial charge in [-0.05, 0) is 18.2 Å². The van der Waals surface area contributed by atoms with Gasteiger partial charge >= 0.3 is 12.1 Å². The predicted octanol–water partition coefficient (Wildman–Crippen LogP) is 2.61. The molecule has 0 atom stereocenters. The molecule has 0 aromatic heterocycles. The number of rotatable bonds is 5. The van der Waals surface area contributed by atoms with Crippen LogP contribution in [0.2, 0.25) is 0 Å². The second-order valence-corrected chi connectivity index (χ2v) is 3.90. The van der Waals surface area contributed by atoms with E-state index in [0.717, 1.165) is 12.1 Å². The highest BCUT2D eigenvalue weighted by Gasteiger charge is 2.30. The molecule has 1 aromatic rings. The molecule has 3 nitrogen and oxygen atoms in total. The van der Waals surface area contributed by atoms with E-state index in [-0.39, 0.29) is 13.1 Å². The van der Waals surface area contributed by atoms with Crippen LogP contribution in [0, 0.1) is 0 Å². The van der Waals surface area contributed by atoms with E-state index in [2.05, 4.69) is 0 Å². The molecule has 1 N–H and O–H groups in total. The van der Waals surface area contributed by atoms with Crippen LogP contribution in [0.15, 0.2) is 24.3 Å². The van der Waals surface area contributed by atoms with Crippen LogP contribution in [0.4, 0.5) is 13.2 Å². The molecule has 0 aliphatic heterocycles. The monoisotopic (exact) mass is 261 g/mol. The first kappa shape index (κ1) is 14.5. The lowest BCUT2D eigenvalue weighted by Gasteiger charge is -2.18. The minimum Gasteiger partial charge on any atom is -0.480 e. The van der Waals surface area contributed by atoms with Crippen LogP contribution in [0.5, 0.6) is 0 Å². The summed E-state index contributed by atoms with van der Waals surface area (Å²) in [7, 11) is 0. The fourth-order valence-electron chi connectivity index (χ4n) is 1.58. The largest absolute Gasteiger partial charge is 0.480 e. The summed E-state index contributed by atoms with van der Waals surface area (Å²) in [4.78, 5) is 12.1. The highest BCUT2D eigenvalue weighted by atomic mass is 19.4. The maximum atomic E-state index is 12.5. The van der Waals surface area contributed by atoms with E-state index in [9.17, 15) is 18.0 Å². The third-order valence-electron chi connectivity index (χ3n) is 2.47. The Labute approximate surface area is 103 Å². The number of halogens is 3. The zero-order chi connectivity index (χ0) is 13.8. The molecule has 1 rings (SSSR count). The fourth-order valence-corrected chi connectivity index (χ4v) is 1.58. The van der Waals surface area contributed by atoms with Crippen molar-refractivity contribution < 1.29 is 23.1 Å². The molecule has 0 spiro atoms. The van der Waals surface area contributed by atoms with Crippen molar-refractivity contribution in [1.29, 1.82) is 0 Å². The van der Waals surface area contributed by atoms with Gasteiger partial charge in [-0.15, -0.1) is 0 Å². The van der Waals surface area contributed by atoms with Crippen LogP contribution < -0.4 is 0 Å². The maximum absolute atomic E-state index is 12.5. The van der Waals surface area contributed by atoms with Crippen LogP contribution in [0.3, 0.4) is 0 Å². The summed E-state index contributed by atoms with van der Waals surface area (Å²) in [6.45, 7) is 2.22. The average Bonchev–Trinajstić information content (AvgIpc) is 2.26. The van der Waals surface area contributed by atoms with Crippen molar-refractivity contribution >= 4 is 5.97 Å². The van der Waals surface area contributed by atoms with Gasteiger partial charge in [0.1, 0.15) is 0 Å².